The average Bonchev–Trinajstić information content (AvgIpc) is 2.96. The lowest BCUT2D eigenvalue weighted by Crippen LogP contribution is -2.48. The molecule has 130 valence electrons. The Labute approximate surface area is 140 Å². The number of amides is 1. The smallest absolute Gasteiger partial charge is 0.305 e. The van der Waals surface area contributed by atoms with Crippen molar-refractivity contribution in [3.05, 3.63) is 17.5 Å². The molecule has 0 radical (unpaired) electrons. The van der Waals surface area contributed by atoms with Crippen molar-refractivity contribution in [2.45, 2.75) is 37.4 Å². The van der Waals surface area contributed by atoms with E-state index in [1.807, 2.05) is 13.8 Å². The highest BCUT2D eigenvalue weighted by Gasteiger charge is 2.27. The summed E-state index contributed by atoms with van der Waals surface area (Å²) in [5, 5.41) is 10.4. The molecule has 1 aromatic rings. The molecule has 0 saturated heterocycles. The second-order valence-electron chi connectivity index (χ2n) is 5.60. The second kappa shape index (κ2) is 8.42. The minimum absolute atomic E-state index is 0.0530. The summed E-state index contributed by atoms with van der Waals surface area (Å²) in [5.74, 6) is -1.28. The molecule has 1 atom stereocenters. The zero-order valence-electron chi connectivity index (χ0n) is 13.4. The molecule has 0 fully saturated rings. The topological polar surface area (TPSA) is 104 Å². The van der Waals surface area contributed by atoms with Gasteiger partial charge in [-0.1, -0.05) is 19.9 Å². The summed E-state index contributed by atoms with van der Waals surface area (Å²) in [7, 11) is -3.75. The van der Waals surface area contributed by atoms with Crippen LogP contribution in [-0.4, -0.2) is 49.4 Å². The molecule has 0 aliphatic carbocycles. The molecule has 7 nitrogen and oxygen atoms in total. The maximum Gasteiger partial charge on any atom is 0.305 e. The van der Waals surface area contributed by atoms with Crippen LogP contribution in [0.5, 0.6) is 0 Å². The molecule has 0 bridgehead atoms. The number of nitrogens with one attached hydrogen (secondary N) is 1. The van der Waals surface area contributed by atoms with E-state index in [4.69, 9.17) is 5.11 Å². The Kier molecular flexibility index (Phi) is 7.17. The Balaban J connectivity index is 2.79. The first-order chi connectivity index (χ1) is 10.6. The fourth-order valence-corrected chi connectivity index (χ4v) is 4.20. The van der Waals surface area contributed by atoms with E-state index in [-0.39, 0.29) is 23.1 Å². The predicted molar refractivity (Wildman–Crippen MR) is 87.8 cm³/mol. The maximum absolute atomic E-state index is 12.4. The molecule has 1 aromatic heterocycles. The van der Waals surface area contributed by atoms with Gasteiger partial charge in [-0.25, -0.2) is 8.42 Å². The van der Waals surface area contributed by atoms with E-state index in [0.29, 0.717) is 6.54 Å². The molecular formula is C14H22N2O5S2. The van der Waals surface area contributed by atoms with Gasteiger partial charge in [0.2, 0.25) is 5.91 Å². The summed E-state index contributed by atoms with van der Waals surface area (Å²) < 4.78 is 26.8. The Morgan fingerprint density at radius 3 is 2.48 bits per heavy atom. The first-order valence-electron chi connectivity index (χ1n) is 7.20. The number of hydrogen-bond donors (Lipinski definition) is 2. The SMILES string of the molecule is CC(C)CN(CCC(=O)O)C(=O)C(C)NS(=O)(=O)c1cccs1. The van der Waals surface area contributed by atoms with Crippen LogP contribution in [0.2, 0.25) is 0 Å². The van der Waals surface area contributed by atoms with E-state index in [1.165, 1.54) is 17.9 Å². The zero-order chi connectivity index (χ0) is 17.6. The van der Waals surface area contributed by atoms with Gasteiger partial charge in [-0.2, -0.15) is 4.72 Å². The number of carbonyl (C=O) groups excluding carboxylic acids is 1. The van der Waals surface area contributed by atoms with E-state index < -0.39 is 27.9 Å². The second-order valence-corrected chi connectivity index (χ2v) is 8.49. The summed E-state index contributed by atoms with van der Waals surface area (Å²) in [6.45, 7) is 5.69. The van der Waals surface area contributed by atoms with Crippen LogP contribution >= 0.6 is 11.3 Å². The largest absolute Gasteiger partial charge is 0.481 e. The number of hydrogen-bond acceptors (Lipinski definition) is 5. The summed E-state index contributed by atoms with van der Waals surface area (Å²) in [6, 6.07) is 2.11. The number of nitrogens with zero attached hydrogens (tertiary/aromatic N) is 1. The summed E-state index contributed by atoms with van der Waals surface area (Å²) in [6.07, 6.45) is -0.178. The van der Waals surface area contributed by atoms with Crippen LogP contribution in [-0.2, 0) is 19.6 Å². The highest BCUT2D eigenvalue weighted by atomic mass is 32.2. The van der Waals surface area contributed by atoms with Crippen molar-refractivity contribution in [2.24, 2.45) is 5.92 Å². The van der Waals surface area contributed by atoms with Crippen LogP contribution in [0.3, 0.4) is 0 Å². The molecule has 0 spiro atoms. The van der Waals surface area contributed by atoms with E-state index in [9.17, 15) is 18.0 Å². The quantitative estimate of drug-likeness (QED) is 0.690. The van der Waals surface area contributed by atoms with E-state index in [1.54, 1.807) is 11.4 Å². The summed E-state index contributed by atoms with van der Waals surface area (Å²) in [4.78, 5) is 24.6. The molecule has 0 aromatic carbocycles. The van der Waals surface area contributed by atoms with Gasteiger partial charge in [0.15, 0.2) is 0 Å². The van der Waals surface area contributed by atoms with Crippen molar-refractivity contribution in [1.29, 1.82) is 0 Å². The minimum Gasteiger partial charge on any atom is -0.481 e. The minimum atomic E-state index is -3.75. The van der Waals surface area contributed by atoms with Crippen molar-refractivity contribution in [3.8, 4) is 0 Å². The van der Waals surface area contributed by atoms with Gasteiger partial charge >= 0.3 is 5.97 Å². The van der Waals surface area contributed by atoms with Crippen molar-refractivity contribution >= 4 is 33.2 Å². The van der Waals surface area contributed by atoms with Crippen LogP contribution < -0.4 is 4.72 Å². The zero-order valence-corrected chi connectivity index (χ0v) is 15.0. The first kappa shape index (κ1) is 19.6. The third-order valence-electron chi connectivity index (χ3n) is 2.96. The third-order valence-corrected chi connectivity index (χ3v) is 5.89. The molecule has 9 heteroatoms. The highest BCUT2D eigenvalue weighted by Crippen LogP contribution is 2.16. The fourth-order valence-electron chi connectivity index (χ4n) is 1.99. The van der Waals surface area contributed by atoms with Gasteiger partial charge in [0.1, 0.15) is 4.21 Å². The van der Waals surface area contributed by atoms with E-state index in [2.05, 4.69) is 4.72 Å². The van der Waals surface area contributed by atoms with Crippen LogP contribution in [0.1, 0.15) is 27.2 Å². The van der Waals surface area contributed by atoms with Gasteiger partial charge in [0.25, 0.3) is 10.0 Å². The van der Waals surface area contributed by atoms with Crippen molar-refractivity contribution in [2.75, 3.05) is 13.1 Å². The number of aliphatic carboxylic acids is 1. The fraction of sp³-hybridized carbons (Fsp3) is 0.571. The van der Waals surface area contributed by atoms with E-state index in [0.717, 1.165) is 11.3 Å². The molecule has 0 saturated carbocycles. The first-order valence-corrected chi connectivity index (χ1v) is 9.56. The number of rotatable bonds is 9. The molecular weight excluding hydrogens is 340 g/mol. The Bertz CT molecular complexity index is 626. The molecule has 0 aliphatic rings. The van der Waals surface area contributed by atoms with E-state index >= 15 is 0 Å². The molecule has 1 heterocycles. The number of sulfonamides is 1. The number of carboxylic acids is 1. The molecule has 23 heavy (non-hydrogen) atoms. The molecule has 1 unspecified atom stereocenters. The van der Waals surface area contributed by atoms with Gasteiger partial charge < -0.3 is 10.0 Å². The molecule has 1 amide bonds. The van der Waals surface area contributed by atoms with Crippen molar-refractivity contribution in [1.82, 2.24) is 9.62 Å². The lowest BCUT2D eigenvalue weighted by Gasteiger charge is -2.27. The standard InChI is InChI=1S/C14H22N2O5S2/c1-10(2)9-16(7-6-12(17)18)14(19)11(3)15-23(20,21)13-5-4-8-22-13/h4-5,8,10-11,15H,6-7,9H2,1-3H3,(H,17,18). The maximum atomic E-state index is 12.4. The van der Waals surface area contributed by atoms with Crippen molar-refractivity contribution < 1.29 is 23.1 Å². The molecule has 0 aliphatic heterocycles. The number of carbonyl (C=O) groups is 2. The summed E-state index contributed by atoms with van der Waals surface area (Å²) in [5.41, 5.74) is 0. The van der Waals surface area contributed by atoms with Crippen LogP contribution in [0, 0.1) is 5.92 Å². The van der Waals surface area contributed by atoms with Crippen LogP contribution in [0.4, 0.5) is 0 Å². The lowest BCUT2D eigenvalue weighted by molar-refractivity contribution is -0.139. The Hall–Kier alpha value is -1.45. The lowest BCUT2D eigenvalue weighted by atomic mass is 10.2. The number of thiophene rings is 1. The summed E-state index contributed by atoms with van der Waals surface area (Å²) >= 11 is 1.06. The monoisotopic (exact) mass is 362 g/mol. The van der Waals surface area contributed by atoms with Crippen LogP contribution in [0.15, 0.2) is 21.7 Å². The Morgan fingerprint density at radius 1 is 1.35 bits per heavy atom. The predicted octanol–water partition coefficient (Wildman–Crippen LogP) is 1.37. The Morgan fingerprint density at radius 2 is 2.00 bits per heavy atom. The number of carboxylic acid groups (broad SMARTS) is 1. The van der Waals surface area contributed by atoms with Gasteiger partial charge in [-0.3, -0.25) is 9.59 Å². The van der Waals surface area contributed by atoms with Crippen LogP contribution in [0.25, 0.3) is 0 Å². The third kappa shape index (κ3) is 6.28. The molecule has 1 rings (SSSR count). The average molecular weight is 362 g/mol. The van der Waals surface area contributed by atoms with Gasteiger partial charge in [-0.05, 0) is 24.3 Å². The van der Waals surface area contributed by atoms with Gasteiger partial charge in [-0.15, -0.1) is 11.3 Å². The van der Waals surface area contributed by atoms with Crippen molar-refractivity contribution in [3.63, 3.8) is 0 Å². The highest BCUT2D eigenvalue weighted by molar-refractivity contribution is 7.91. The van der Waals surface area contributed by atoms with Gasteiger partial charge in [0, 0.05) is 13.1 Å². The van der Waals surface area contributed by atoms with Gasteiger partial charge in [0.05, 0.1) is 12.5 Å². The normalized spacial score (nSPS) is 13.0. The molecule has 2 N–H and O–H groups in total.